The van der Waals surface area contributed by atoms with Gasteiger partial charge in [-0.05, 0) is 36.3 Å². The van der Waals surface area contributed by atoms with Crippen LogP contribution in [0.2, 0.25) is 0 Å². The molecule has 136 valence electrons. The van der Waals surface area contributed by atoms with E-state index >= 15 is 0 Å². The molecule has 1 saturated heterocycles. The highest BCUT2D eigenvalue weighted by Crippen LogP contribution is 2.34. The van der Waals surface area contributed by atoms with E-state index in [2.05, 4.69) is 11.8 Å². The van der Waals surface area contributed by atoms with Crippen LogP contribution in [0.4, 0.5) is 14.5 Å². The summed E-state index contributed by atoms with van der Waals surface area (Å²) in [7, 11) is 0. The number of benzene rings is 1. The minimum Gasteiger partial charge on any atom is -0.434 e. The Bertz CT molecular complexity index is 496. The normalized spacial score (nSPS) is 16.2. The van der Waals surface area contributed by atoms with Crippen LogP contribution in [0.5, 0.6) is 5.75 Å². The third-order valence-electron chi connectivity index (χ3n) is 5.03. The van der Waals surface area contributed by atoms with Crippen molar-refractivity contribution in [3.05, 3.63) is 23.8 Å². The van der Waals surface area contributed by atoms with E-state index in [0.717, 1.165) is 30.3 Å². The summed E-state index contributed by atoms with van der Waals surface area (Å²) in [5.41, 5.74) is 1.84. The van der Waals surface area contributed by atoms with Crippen LogP contribution < -0.4 is 9.64 Å². The molecule has 1 aromatic rings. The predicted octanol–water partition coefficient (Wildman–Crippen LogP) is 6.21. The quantitative estimate of drug-likeness (QED) is 0.522. The number of alkyl halides is 2. The largest absolute Gasteiger partial charge is 0.434 e. The van der Waals surface area contributed by atoms with E-state index in [4.69, 9.17) is 4.74 Å². The maximum absolute atomic E-state index is 12.7. The van der Waals surface area contributed by atoms with Gasteiger partial charge in [0.15, 0.2) is 0 Å². The molecule has 0 spiro atoms. The van der Waals surface area contributed by atoms with Gasteiger partial charge in [-0.15, -0.1) is 0 Å². The number of unbranched alkanes of at least 4 members (excludes halogenated alkanes) is 2. The number of nitrogens with zero attached hydrogens (tertiary/aromatic N) is 1. The second-order valence-corrected chi connectivity index (χ2v) is 7.18. The SMILES string of the molecule is CCCCCC1CCN(c2ccc(C(C)C)c(OC(F)F)c2)CC1. The lowest BCUT2D eigenvalue weighted by atomic mass is 9.91. The molecule has 0 atom stereocenters. The summed E-state index contributed by atoms with van der Waals surface area (Å²) in [4.78, 5) is 2.30. The van der Waals surface area contributed by atoms with E-state index in [-0.39, 0.29) is 5.92 Å². The molecule has 0 N–H and O–H groups in total. The standard InChI is InChI=1S/C20H31F2NO/c1-4-5-6-7-16-10-12-23(13-11-16)17-8-9-18(15(2)3)19(14-17)24-20(21)22/h8-9,14-16,20H,4-7,10-13H2,1-3H3. The van der Waals surface area contributed by atoms with Crippen LogP contribution in [-0.4, -0.2) is 19.7 Å². The first-order valence-electron chi connectivity index (χ1n) is 9.35. The third kappa shape index (κ3) is 5.35. The Balaban J connectivity index is 1.99. The van der Waals surface area contributed by atoms with Gasteiger partial charge in [0.05, 0.1) is 0 Å². The van der Waals surface area contributed by atoms with Crippen molar-refractivity contribution in [3.63, 3.8) is 0 Å². The highest BCUT2D eigenvalue weighted by atomic mass is 19.3. The molecule has 24 heavy (non-hydrogen) atoms. The molecule has 2 rings (SSSR count). The monoisotopic (exact) mass is 339 g/mol. The fraction of sp³-hybridized carbons (Fsp3) is 0.700. The van der Waals surface area contributed by atoms with Gasteiger partial charge in [0, 0.05) is 24.8 Å². The number of halogens is 2. The first-order valence-corrected chi connectivity index (χ1v) is 9.35. The molecular weight excluding hydrogens is 308 g/mol. The number of rotatable bonds is 8. The molecule has 0 aliphatic carbocycles. The van der Waals surface area contributed by atoms with Gasteiger partial charge < -0.3 is 9.64 Å². The lowest BCUT2D eigenvalue weighted by Crippen LogP contribution is -2.33. The lowest BCUT2D eigenvalue weighted by Gasteiger charge is -2.34. The summed E-state index contributed by atoms with van der Waals surface area (Å²) in [5.74, 6) is 1.30. The van der Waals surface area contributed by atoms with Gasteiger partial charge in [0.1, 0.15) is 5.75 Å². The van der Waals surface area contributed by atoms with E-state index in [1.54, 1.807) is 6.07 Å². The van der Waals surface area contributed by atoms with Gasteiger partial charge in [-0.1, -0.05) is 52.5 Å². The summed E-state index contributed by atoms with van der Waals surface area (Å²) in [6.45, 7) is 5.46. The van der Waals surface area contributed by atoms with E-state index in [1.807, 2.05) is 26.0 Å². The average molecular weight is 339 g/mol. The molecule has 2 nitrogen and oxygen atoms in total. The number of anilines is 1. The first kappa shape index (κ1) is 19.0. The minimum atomic E-state index is -2.78. The van der Waals surface area contributed by atoms with Crippen LogP contribution in [0.1, 0.15) is 70.8 Å². The van der Waals surface area contributed by atoms with Crippen molar-refractivity contribution in [2.75, 3.05) is 18.0 Å². The molecule has 1 aliphatic rings. The fourth-order valence-corrected chi connectivity index (χ4v) is 3.56. The van der Waals surface area contributed by atoms with Gasteiger partial charge in [-0.2, -0.15) is 8.78 Å². The number of piperidine rings is 1. The minimum absolute atomic E-state index is 0.164. The van der Waals surface area contributed by atoms with Crippen LogP contribution in [0.15, 0.2) is 18.2 Å². The molecule has 1 fully saturated rings. The van der Waals surface area contributed by atoms with Gasteiger partial charge in [0.25, 0.3) is 0 Å². The van der Waals surface area contributed by atoms with Crippen molar-refractivity contribution in [1.29, 1.82) is 0 Å². The maximum atomic E-state index is 12.7. The topological polar surface area (TPSA) is 12.5 Å². The van der Waals surface area contributed by atoms with Crippen LogP contribution >= 0.6 is 0 Å². The second kappa shape index (κ2) is 9.24. The summed E-state index contributed by atoms with van der Waals surface area (Å²) >= 11 is 0. The molecule has 4 heteroatoms. The van der Waals surface area contributed by atoms with E-state index < -0.39 is 6.61 Å². The summed E-state index contributed by atoms with van der Waals surface area (Å²) < 4.78 is 30.2. The molecule has 0 bridgehead atoms. The molecule has 1 heterocycles. The Morgan fingerprint density at radius 2 is 1.88 bits per heavy atom. The second-order valence-electron chi connectivity index (χ2n) is 7.18. The van der Waals surface area contributed by atoms with Crippen LogP contribution in [0.25, 0.3) is 0 Å². The molecule has 0 unspecified atom stereocenters. The maximum Gasteiger partial charge on any atom is 0.387 e. The Kier molecular flexibility index (Phi) is 7.32. The van der Waals surface area contributed by atoms with Crippen molar-refractivity contribution in [2.45, 2.75) is 71.8 Å². The Morgan fingerprint density at radius 1 is 1.17 bits per heavy atom. The molecule has 0 radical (unpaired) electrons. The summed E-state index contributed by atoms with van der Waals surface area (Å²) in [6.07, 6.45) is 7.64. The van der Waals surface area contributed by atoms with E-state index in [0.29, 0.717) is 5.75 Å². The third-order valence-corrected chi connectivity index (χ3v) is 5.03. The summed E-state index contributed by atoms with van der Waals surface area (Å²) in [6, 6.07) is 5.77. The van der Waals surface area contributed by atoms with Crippen molar-refractivity contribution < 1.29 is 13.5 Å². The smallest absolute Gasteiger partial charge is 0.387 e. The zero-order valence-corrected chi connectivity index (χ0v) is 15.2. The molecule has 1 aliphatic heterocycles. The molecule has 0 aromatic heterocycles. The zero-order chi connectivity index (χ0) is 17.5. The first-order chi connectivity index (χ1) is 11.5. The zero-order valence-electron chi connectivity index (χ0n) is 15.2. The predicted molar refractivity (Wildman–Crippen MR) is 96.2 cm³/mol. The van der Waals surface area contributed by atoms with Crippen LogP contribution in [0.3, 0.4) is 0 Å². The molecule has 0 saturated carbocycles. The van der Waals surface area contributed by atoms with Crippen LogP contribution in [0, 0.1) is 5.92 Å². The number of hydrogen-bond donors (Lipinski definition) is 0. The molecule has 0 amide bonds. The highest BCUT2D eigenvalue weighted by molar-refractivity contribution is 5.54. The Morgan fingerprint density at radius 3 is 2.46 bits per heavy atom. The Hall–Kier alpha value is -1.32. The lowest BCUT2D eigenvalue weighted by molar-refractivity contribution is -0.0505. The van der Waals surface area contributed by atoms with Gasteiger partial charge in [-0.25, -0.2) is 0 Å². The van der Waals surface area contributed by atoms with Crippen molar-refractivity contribution in [3.8, 4) is 5.75 Å². The van der Waals surface area contributed by atoms with Crippen LogP contribution in [-0.2, 0) is 0 Å². The van der Waals surface area contributed by atoms with Gasteiger partial charge in [0.2, 0.25) is 0 Å². The highest BCUT2D eigenvalue weighted by Gasteiger charge is 2.21. The molecular formula is C20H31F2NO. The van der Waals surface area contributed by atoms with Crippen molar-refractivity contribution in [1.82, 2.24) is 0 Å². The van der Waals surface area contributed by atoms with Crippen molar-refractivity contribution >= 4 is 5.69 Å². The number of ether oxygens (including phenoxy) is 1. The Labute approximate surface area is 145 Å². The number of hydrogen-bond acceptors (Lipinski definition) is 2. The average Bonchev–Trinajstić information content (AvgIpc) is 2.55. The van der Waals surface area contributed by atoms with Crippen molar-refractivity contribution in [2.24, 2.45) is 5.92 Å². The van der Waals surface area contributed by atoms with Gasteiger partial charge in [-0.3, -0.25) is 0 Å². The van der Waals surface area contributed by atoms with Gasteiger partial charge >= 0.3 is 6.61 Å². The van der Waals surface area contributed by atoms with E-state index in [9.17, 15) is 8.78 Å². The summed E-state index contributed by atoms with van der Waals surface area (Å²) in [5, 5.41) is 0. The fourth-order valence-electron chi connectivity index (χ4n) is 3.56. The van der Waals surface area contributed by atoms with E-state index in [1.165, 1.54) is 38.5 Å². The molecule has 1 aromatic carbocycles.